The van der Waals surface area contributed by atoms with Gasteiger partial charge in [0.15, 0.2) is 0 Å². The van der Waals surface area contributed by atoms with E-state index in [0.717, 1.165) is 17.7 Å². The molecule has 3 rings (SSSR count). The zero-order valence-corrected chi connectivity index (χ0v) is 15.3. The fourth-order valence-corrected chi connectivity index (χ4v) is 3.28. The first-order valence-electron chi connectivity index (χ1n) is 8.60. The Morgan fingerprint density at radius 2 is 1.93 bits per heavy atom. The van der Waals surface area contributed by atoms with Crippen molar-refractivity contribution in [1.29, 1.82) is 0 Å². The lowest BCUT2D eigenvalue weighted by molar-refractivity contribution is 0.0168. The minimum absolute atomic E-state index is 0.0884. The fraction of sp³-hybridized carbons (Fsp3) is 0.316. The summed E-state index contributed by atoms with van der Waals surface area (Å²) in [5.41, 5.74) is 0.809. The van der Waals surface area contributed by atoms with Crippen LogP contribution in [0, 0.1) is 11.6 Å². The second-order valence-corrected chi connectivity index (χ2v) is 6.55. The lowest BCUT2D eigenvalue weighted by atomic mass is 10.0. The van der Waals surface area contributed by atoms with Gasteiger partial charge < -0.3 is 15.4 Å². The van der Waals surface area contributed by atoms with Gasteiger partial charge in [-0.2, -0.15) is 0 Å². The molecule has 1 fully saturated rings. The number of urea groups is 1. The molecule has 1 heterocycles. The minimum atomic E-state index is -0.832. The van der Waals surface area contributed by atoms with Crippen molar-refractivity contribution in [1.82, 2.24) is 10.2 Å². The molecule has 1 aliphatic rings. The van der Waals surface area contributed by atoms with Crippen LogP contribution in [0.2, 0.25) is 5.02 Å². The largest absolute Gasteiger partial charge is 0.379 e. The lowest BCUT2D eigenvalue weighted by Crippen LogP contribution is -2.44. The third-order valence-corrected chi connectivity index (χ3v) is 4.73. The van der Waals surface area contributed by atoms with Gasteiger partial charge in [-0.25, -0.2) is 13.6 Å². The van der Waals surface area contributed by atoms with Gasteiger partial charge in [0.25, 0.3) is 0 Å². The van der Waals surface area contributed by atoms with E-state index in [4.69, 9.17) is 16.3 Å². The van der Waals surface area contributed by atoms with Crippen molar-refractivity contribution in [3.8, 4) is 0 Å². The van der Waals surface area contributed by atoms with E-state index in [1.54, 1.807) is 6.07 Å². The van der Waals surface area contributed by atoms with Gasteiger partial charge in [0.1, 0.15) is 11.6 Å². The van der Waals surface area contributed by atoms with Crippen LogP contribution < -0.4 is 10.6 Å². The quantitative estimate of drug-likeness (QED) is 0.809. The summed E-state index contributed by atoms with van der Waals surface area (Å²) in [6.45, 7) is 2.91. The molecule has 2 aromatic carbocycles. The van der Waals surface area contributed by atoms with Crippen molar-refractivity contribution in [2.75, 3.05) is 38.2 Å². The summed E-state index contributed by atoms with van der Waals surface area (Å²) in [5, 5.41) is 5.75. The van der Waals surface area contributed by atoms with Crippen molar-refractivity contribution in [3.05, 3.63) is 64.7 Å². The maximum atomic E-state index is 13.7. The summed E-state index contributed by atoms with van der Waals surface area (Å²) in [7, 11) is 0. The van der Waals surface area contributed by atoms with Gasteiger partial charge >= 0.3 is 6.03 Å². The number of carbonyl (C=O) groups is 1. The fourth-order valence-electron chi connectivity index (χ4n) is 3.02. The van der Waals surface area contributed by atoms with E-state index in [9.17, 15) is 13.6 Å². The Hall–Kier alpha value is -2.22. The van der Waals surface area contributed by atoms with Crippen molar-refractivity contribution in [2.45, 2.75) is 6.04 Å². The smallest absolute Gasteiger partial charge is 0.319 e. The molecule has 1 aliphatic heterocycles. The molecule has 0 saturated carbocycles. The van der Waals surface area contributed by atoms with Crippen LogP contribution in [0.15, 0.2) is 42.5 Å². The second kappa shape index (κ2) is 9.12. The summed E-state index contributed by atoms with van der Waals surface area (Å²) in [6.07, 6.45) is 0. The first kappa shape index (κ1) is 19.5. The number of anilines is 1. The molecule has 2 aromatic rings. The molecular weight excluding hydrogens is 376 g/mol. The molecular formula is C19H20ClF2N3O2. The molecule has 0 aromatic heterocycles. The van der Waals surface area contributed by atoms with Crippen molar-refractivity contribution >= 4 is 23.3 Å². The van der Waals surface area contributed by atoms with E-state index < -0.39 is 17.7 Å². The lowest BCUT2D eigenvalue weighted by Gasteiger charge is -2.35. The van der Waals surface area contributed by atoms with Gasteiger partial charge in [0, 0.05) is 30.7 Å². The molecule has 1 atom stereocenters. The molecule has 144 valence electrons. The number of amides is 2. The van der Waals surface area contributed by atoms with Crippen LogP contribution >= 0.6 is 11.6 Å². The van der Waals surface area contributed by atoms with E-state index in [-0.39, 0.29) is 18.3 Å². The van der Waals surface area contributed by atoms with E-state index in [2.05, 4.69) is 15.5 Å². The number of rotatable bonds is 5. The van der Waals surface area contributed by atoms with Gasteiger partial charge in [-0.05, 0) is 23.8 Å². The Bertz CT molecular complexity index is 800. The summed E-state index contributed by atoms with van der Waals surface area (Å²) in [5.74, 6) is -1.54. The Morgan fingerprint density at radius 3 is 2.63 bits per heavy atom. The highest BCUT2D eigenvalue weighted by molar-refractivity contribution is 6.31. The number of hydrogen-bond acceptors (Lipinski definition) is 3. The molecule has 1 unspecified atom stereocenters. The summed E-state index contributed by atoms with van der Waals surface area (Å²) in [4.78, 5) is 14.4. The molecule has 2 N–H and O–H groups in total. The molecule has 0 spiro atoms. The number of ether oxygens (including phenoxy) is 1. The monoisotopic (exact) mass is 395 g/mol. The van der Waals surface area contributed by atoms with Gasteiger partial charge in [0.05, 0.1) is 24.9 Å². The summed E-state index contributed by atoms with van der Waals surface area (Å²) >= 11 is 6.35. The molecule has 0 aliphatic carbocycles. The molecule has 0 bridgehead atoms. The number of morpholine rings is 1. The van der Waals surface area contributed by atoms with Crippen LogP contribution in [0.4, 0.5) is 19.3 Å². The summed E-state index contributed by atoms with van der Waals surface area (Å²) in [6, 6.07) is 9.71. The molecule has 27 heavy (non-hydrogen) atoms. The second-order valence-electron chi connectivity index (χ2n) is 6.14. The number of benzene rings is 2. The average Bonchev–Trinajstić information content (AvgIpc) is 2.66. The van der Waals surface area contributed by atoms with Crippen LogP contribution in [0.25, 0.3) is 0 Å². The Morgan fingerprint density at radius 1 is 1.19 bits per heavy atom. The minimum Gasteiger partial charge on any atom is -0.379 e. The van der Waals surface area contributed by atoms with Crippen LogP contribution in [-0.2, 0) is 4.74 Å². The van der Waals surface area contributed by atoms with Crippen molar-refractivity contribution < 1.29 is 18.3 Å². The normalized spacial score (nSPS) is 16.0. The average molecular weight is 396 g/mol. The SMILES string of the molecule is O=C(NCC(c1ccccc1Cl)N1CCOCC1)Nc1ccc(F)cc1F. The number of nitrogens with one attached hydrogen (secondary N) is 2. The zero-order valence-electron chi connectivity index (χ0n) is 14.6. The van der Waals surface area contributed by atoms with Crippen LogP contribution in [0.5, 0.6) is 0 Å². The molecule has 2 amide bonds. The van der Waals surface area contributed by atoms with E-state index in [0.29, 0.717) is 31.3 Å². The Labute approximate surface area is 161 Å². The van der Waals surface area contributed by atoms with Crippen molar-refractivity contribution in [3.63, 3.8) is 0 Å². The number of nitrogens with zero attached hydrogens (tertiary/aromatic N) is 1. The number of halogens is 3. The Kier molecular flexibility index (Phi) is 6.60. The zero-order chi connectivity index (χ0) is 19.2. The van der Waals surface area contributed by atoms with E-state index in [1.165, 1.54) is 6.07 Å². The summed E-state index contributed by atoms with van der Waals surface area (Å²) < 4.78 is 32.1. The van der Waals surface area contributed by atoms with Gasteiger partial charge in [0.2, 0.25) is 0 Å². The third kappa shape index (κ3) is 5.15. The van der Waals surface area contributed by atoms with Crippen LogP contribution in [0.1, 0.15) is 11.6 Å². The standard InChI is InChI=1S/C19H20ClF2N3O2/c20-15-4-2-1-3-14(15)18(25-7-9-27-10-8-25)12-23-19(26)24-17-6-5-13(21)11-16(17)22/h1-6,11,18H,7-10,12H2,(H2,23,24,26). The molecule has 8 heteroatoms. The topological polar surface area (TPSA) is 53.6 Å². The molecule has 1 saturated heterocycles. The maximum absolute atomic E-state index is 13.7. The van der Waals surface area contributed by atoms with Crippen LogP contribution in [-0.4, -0.2) is 43.8 Å². The highest BCUT2D eigenvalue weighted by Crippen LogP contribution is 2.27. The molecule has 5 nitrogen and oxygen atoms in total. The highest BCUT2D eigenvalue weighted by atomic mass is 35.5. The highest BCUT2D eigenvalue weighted by Gasteiger charge is 2.25. The van der Waals surface area contributed by atoms with Gasteiger partial charge in [-0.1, -0.05) is 29.8 Å². The maximum Gasteiger partial charge on any atom is 0.319 e. The first-order chi connectivity index (χ1) is 13.0. The predicted octanol–water partition coefficient (Wildman–Crippen LogP) is 3.81. The molecule has 0 radical (unpaired) electrons. The number of carbonyl (C=O) groups excluding carboxylic acids is 1. The predicted molar refractivity (Wildman–Crippen MR) is 100.0 cm³/mol. The van der Waals surface area contributed by atoms with E-state index in [1.807, 2.05) is 18.2 Å². The third-order valence-electron chi connectivity index (χ3n) is 4.39. The van der Waals surface area contributed by atoms with E-state index >= 15 is 0 Å². The number of hydrogen-bond donors (Lipinski definition) is 2. The van der Waals surface area contributed by atoms with Gasteiger partial charge in [-0.3, -0.25) is 4.90 Å². The first-order valence-corrected chi connectivity index (χ1v) is 8.98. The van der Waals surface area contributed by atoms with Gasteiger partial charge in [-0.15, -0.1) is 0 Å². The Balaban J connectivity index is 1.68. The van der Waals surface area contributed by atoms with Crippen molar-refractivity contribution in [2.24, 2.45) is 0 Å². The van der Waals surface area contributed by atoms with Crippen LogP contribution in [0.3, 0.4) is 0 Å².